The lowest BCUT2D eigenvalue weighted by atomic mass is 10.1. The Morgan fingerprint density at radius 1 is 0.970 bits per heavy atom. The van der Waals surface area contributed by atoms with Crippen LogP contribution in [-0.4, -0.2) is 48.9 Å². The average Bonchev–Trinajstić information content (AvgIpc) is 3.25. The van der Waals surface area contributed by atoms with Gasteiger partial charge in [0.2, 0.25) is 10.0 Å². The van der Waals surface area contributed by atoms with Gasteiger partial charge in [-0.2, -0.15) is 4.31 Å². The Morgan fingerprint density at radius 2 is 1.70 bits per heavy atom. The predicted molar refractivity (Wildman–Crippen MR) is 135 cm³/mol. The quantitative estimate of drug-likeness (QED) is 0.390. The van der Waals surface area contributed by atoms with Gasteiger partial charge in [0.25, 0.3) is 0 Å². The number of sulfonamides is 1. The van der Waals surface area contributed by atoms with Crippen LogP contribution < -0.4 is 4.90 Å². The normalized spacial score (nSPS) is 15.3. The van der Waals surface area contributed by atoms with Crippen LogP contribution in [0.4, 0.5) is 5.82 Å². The molecular weight excluding hydrogens is 476 g/mol. The van der Waals surface area contributed by atoms with Crippen molar-refractivity contribution in [3.8, 4) is 11.1 Å². The third kappa shape index (κ3) is 4.12. The predicted octanol–water partition coefficient (Wildman–Crippen LogP) is 5.14. The van der Waals surface area contributed by atoms with Crippen molar-refractivity contribution in [2.75, 3.05) is 31.1 Å². The van der Waals surface area contributed by atoms with Crippen LogP contribution in [-0.2, 0) is 10.0 Å². The van der Waals surface area contributed by atoms with E-state index in [0.717, 1.165) is 38.3 Å². The van der Waals surface area contributed by atoms with Crippen molar-refractivity contribution in [3.05, 3.63) is 70.3 Å². The van der Waals surface area contributed by atoms with Gasteiger partial charge in [-0.25, -0.2) is 18.4 Å². The summed E-state index contributed by atoms with van der Waals surface area (Å²) < 4.78 is 28.2. The number of hydrogen-bond donors (Lipinski definition) is 0. The Morgan fingerprint density at radius 3 is 2.42 bits per heavy atom. The van der Waals surface area contributed by atoms with Gasteiger partial charge < -0.3 is 4.90 Å². The van der Waals surface area contributed by atoms with Gasteiger partial charge in [0.05, 0.1) is 10.3 Å². The second-order valence-corrected chi connectivity index (χ2v) is 11.4. The van der Waals surface area contributed by atoms with E-state index in [1.165, 1.54) is 0 Å². The molecule has 1 saturated heterocycles. The smallest absolute Gasteiger partial charge is 0.243 e. The molecule has 3 heterocycles. The molecular formula is C24H23ClN4O2S2. The minimum Gasteiger partial charge on any atom is -0.353 e. The lowest BCUT2D eigenvalue weighted by molar-refractivity contribution is 0.384. The summed E-state index contributed by atoms with van der Waals surface area (Å²) in [4.78, 5) is 12.5. The molecule has 1 fully saturated rings. The maximum Gasteiger partial charge on any atom is 0.243 e. The standard InChI is InChI=1S/C24H23ClN4O2S2/c1-16-3-4-17(2)21(13-16)33(30,31)29-11-9-28(10-12-29)23-22-20(14-32-24(22)27-15-26-23)18-5-7-19(25)8-6-18/h3-8,13-15H,9-12H2,1-2H3. The minimum atomic E-state index is -3.54. The molecule has 1 aliphatic heterocycles. The molecule has 2 aromatic heterocycles. The van der Waals surface area contributed by atoms with Crippen LogP contribution in [0.25, 0.3) is 21.3 Å². The molecule has 4 aromatic rings. The summed E-state index contributed by atoms with van der Waals surface area (Å²) in [6.45, 7) is 5.69. The zero-order valence-corrected chi connectivity index (χ0v) is 20.7. The number of nitrogens with zero attached hydrogens (tertiary/aromatic N) is 4. The summed E-state index contributed by atoms with van der Waals surface area (Å²) in [7, 11) is -3.54. The molecule has 0 N–H and O–H groups in total. The van der Waals surface area contributed by atoms with E-state index >= 15 is 0 Å². The first kappa shape index (κ1) is 22.3. The number of hydrogen-bond acceptors (Lipinski definition) is 6. The monoisotopic (exact) mass is 498 g/mol. The highest BCUT2D eigenvalue weighted by atomic mass is 35.5. The maximum absolute atomic E-state index is 13.3. The number of piperazine rings is 1. The van der Waals surface area contributed by atoms with Crippen molar-refractivity contribution in [2.45, 2.75) is 18.7 Å². The van der Waals surface area contributed by atoms with Gasteiger partial charge in [0.15, 0.2) is 0 Å². The number of benzene rings is 2. The fourth-order valence-corrected chi connectivity index (χ4v) is 6.97. The first-order valence-electron chi connectivity index (χ1n) is 10.6. The van der Waals surface area contributed by atoms with Gasteiger partial charge in [-0.3, -0.25) is 0 Å². The van der Waals surface area contributed by atoms with Gasteiger partial charge in [0.1, 0.15) is 17.0 Å². The molecule has 6 nitrogen and oxygen atoms in total. The third-order valence-corrected chi connectivity index (χ3v) is 9.18. The lowest BCUT2D eigenvalue weighted by Gasteiger charge is -2.35. The van der Waals surface area contributed by atoms with Crippen LogP contribution >= 0.6 is 22.9 Å². The fraction of sp³-hybridized carbons (Fsp3) is 0.250. The molecule has 0 bridgehead atoms. The average molecular weight is 499 g/mol. The number of thiophene rings is 1. The third-order valence-electron chi connectivity index (χ3n) is 6.01. The SMILES string of the molecule is Cc1ccc(C)c(S(=O)(=O)N2CCN(c3ncnc4scc(-c5ccc(Cl)cc5)c34)CC2)c1. The molecule has 1 aliphatic rings. The number of aromatic nitrogens is 2. The fourth-order valence-electron chi connectivity index (χ4n) is 4.21. The zero-order valence-electron chi connectivity index (χ0n) is 18.3. The second kappa shape index (κ2) is 8.68. The van der Waals surface area contributed by atoms with Crippen molar-refractivity contribution in [1.82, 2.24) is 14.3 Å². The Kier molecular flexibility index (Phi) is 5.86. The summed E-state index contributed by atoms with van der Waals surface area (Å²) >= 11 is 7.65. The van der Waals surface area contributed by atoms with E-state index in [1.807, 2.05) is 50.2 Å². The van der Waals surface area contributed by atoms with Crippen LogP contribution in [0.2, 0.25) is 5.02 Å². The van der Waals surface area contributed by atoms with E-state index < -0.39 is 10.0 Å². The van der Waals surface area contributed by atoms with E-state index in [4.69, 9.17) is 11.6 Å². The van der Waals surface area contributed by atoms with E-state index in [9.17, 15) is 8.42 Å². The van der Waals surface area contributed by atoms with Gasteiger partial charge in [-0.05, 0) is 48.7 Å². The second-order valence-electron chi connectivity index (χ2n) is 8.19. The Bertz CT molecular complexity index is 1430. The first-order valence-corrected chi connectivity index (χ1v) is 13.3. The summed E-state index contributed by atoms with van der Waals surface area (Å²) in [5.41, 5.74) is 3.82. The van der Waals surface area contributed by atoms with Crippen molar-refractivity contribution >= 4 is 49.0 Å². The molecule has 2 aromatic carbocycles. The van der Waals surface area contributed by atoms with Crippen molar-refractivity contribution < 1.29 is 8.42 Å². The lowest BCUT2D eigenvalue weighted by Crippen LogP contribution is -2.49. The molecule has 0 saturated carbocycles. The molecule has 33 heavy (non-hydrogen) atoms. The highest BCUT2D eigenvalue weighted by Gasteiger charge is 2.31. The maximum atomic E-state index is 13.3. The van der Waals surface area contributed by atoms with Gasteiger partial charge in [-0.1, -0.05) is 35.9 Å². The van der Waals surface area contributed by atoms with E-state index in [2.05, 4.69) is 20.2 Å². The summed E-state index contributed by atoms with van der Waals surface area (Å²) in [6.07, 6.45) is 1.58. The zero-order chi connectivity index (χ0) is 23.2. The Labute approximate surface area is 202 Å². The Hall–Kier alpha value is -2.52. The summed E-state index contributed by atoms with van der Waals surface area (Å²) in [6, 6.07) is 13.3. The minimum absolute atomic E-state index is 0.392. The van der Waals surface area contributed by atoms with Crippen molar-refractivity contribution in [2.24, 2.45) is 0 Å². The highest BCUT2D eigenvalue weighted by Crippen LogP contribution is 2.38. The number of rotatable bonds is 4. The molecule has 0 atom stereocenters. The van der Waals surface area contributed by atoms with Gasteiger partial charge in [-0.15, -0.1) is 11.3 Å². The van der Waals surface area contributed by atoms with E-state index in [0.29, 0.717) is 36.1 Å². The first-order chi connectivity index (χ1) is 15.8. The molecule has 9 heteroatoms. The van der Waals surface area contributed by atoms with Gasteiger partial charge in [0, 0.05) is 42.1 Å². The largest absolute Gasteiger partial charge is 0.353 e. The summed E-state index contributed by atoms with van der Waals surface area (Å²) in [5.74, 6) is 0.843. The number of anilines is 1. The molecule has 0 spiro atoms. The topological polar surface area (TPSA) is 66.4 Å². The van der Waals surface area contributed by atoms with Crippen LogP contribution in [0.3, 0.4) is 0 Å². The molecule has 0 aliphatic carbocycles. The number of aryl methyl sites for hydroxylation is 2. The molecule has 0 radical (unpaired) electrons. The van der Waals surface area contributed by atoms with Crippen LogP contribution in [0.5, 0.6) is 0 Å². The molecule has 170 valence electrons. The summed E-state index contributed by atoms with van der Waals surface area (Å²) in [5, 5.41) is 3.78. The number of halogens is 1. The van der Waals surface area contributed by atoms with E-state index in [-0.39, 0.29) is 0 Å². The van der Waals surface area contributed by atoms with Crippen molar-refractivity contribution in [1.29, 1.82) is 0 Å². The number of fused-ring (bicyclic) bond motifs is 1. The molecule has 5 rings (SSSR count). The highest BCUT2D eigenvalue weighted by molar-refractivity contribution is 7.89. The van der Waals surface area contributed by atoms with Crippen LogP contribution in [0.15, 0.2) is 59.1 Å². The van der Waals surface area contributed by atoms with Gasteiger partial charge >= 0.3 is 0 Å². The molecule has 0 unspecified atom stereocenters. The Balaban J connectivity index is 1.44. The van der Waals surface area contributed by atoms with Crippen molar-refractivity contribution in [3.63, 3.8) is 0 Å². The van der Waals surface area contributed by atoms with Crippen LogP contribution in [0.1, 0.15) is 11.1 Å². The molecule has 0 amide bonds. The van der Waals surface area contributed by atoms with Crippen LogP contribution in [0, 0.1) is 13.8 Å². The van der Waals surface area contributed by atoms with E-state index in [1.54, 1.807) is 28.0 Å².